The molecule has 2 aromatic rings. The van der Waals surface area contributed by atoms with Gasteiger partial charge >= 0.3 is 0 Å². The highest BCUT2D eigenvalue weighted by atomic mass is 16.5. The summed E-state index contributed by atoms with van der Waals surface area (Å²) in [6, 6.07) is 18.0. The van der Waals surface area contributed by atoms with Gasteiger partial charge in [-0.15, -0.1) is 0 Å². The molecule has 0 spiro atoms. The van der Waals surface area contributed by atoms with Crippen LogP contribution in [0.15, 0.2) is 54.6 Å². The Balaban J connectivity index is 1.56. The van der Waals surface area contributed by atoms with Gasteiger partial charge in [-0.1, -0.05) is 42.5 Å². The van der Waals surface area contributed by atoms with Gasteiger partial charge in [-0.3, -0.25) is 9.69 Å². The summed E-state index contributed by atoms with van der Waals surface area (Å²) in [5, 5.41) is 3.07. The van der Waals surface area contributed by atoms with Crippen LogP contribution in [-0.4, -0.2) is 43.2 Å². The Hall–Kier alpha value is -2.37. The van der Waals surface area contributed by atoms with Gasteiger partial charge in [0.1, 0.15) is 11.9 Å². The second-order valence-electron chi connectivity index (χ2n) is 6.82. The van der Waals surface area contributed by atoms with E-state index in [1.54, 1.807) is 0 Å². The van der Waals surface area contributed by atoms with E-state index in [2.05, 4.69) is 22.3 Å². The molecule has 5 heteroatoms. The average molecular weight is 368 g/mol. The number of hydrogen-bond acceptors (Lipinski definition) is 4. The highest BCUT2D eigenvalue weighted by Gasteiger charge is 2.27. The second-order valence-corrected chi connectivity index (χ2v) is 6.82. The van der Waals surface area contributed by atoms with E-state index in [4.69, 9.17) is 9.47 Å². The summed E-state index contributed by atoms with van der Waals surface area (Å²) in [7, 11) is 0. The summed E-state index contributed by atoms with van der Waals surface area (Å²) in [6.07, 6.45) is -0.444. The maximum atomic E-state index is 12.7. The number of carbonyl (C=O) groups excluding carboxylic acids is 1. The number of morpholine rings is 1. The van der Waals surface area contributed by atoms with Crippen LogP contribution in [-0.2, 0) is 16.1 Å². The van der Waals surface area contributed by atoms with Crippen molar-refractivity contribution in [2.75, 3.05) is 26.3 Å². The standard InChI is InChI=1S/C22H28N2O3/c1-3-26-20-11-7-10-19(14-20)17(2)23-22(25)21-16-24(12-13-27-21)15-18-8-5-4-6-9-18/h4-11,14,17,21H,3,12-13,15-16H2,1-2H3,(H,23,25). The third kappa shape index (κ3) is 5.55. The molecule has 5 nitrogen and oxygen atoms in total. The van der Waals surface area contributed by atoms with E-state index in [1.807, 2.05) is 56.3 Å². The SMILES string of the molecule is CCOc1cccc(C(C)NC(=O)C2CN(Cc3ccccc3)CCO2)c1. The highest BCUT2D eigenvalue weighted by molar-refractivity contribution is 5.81. The van der Waals surface area contributed by atoms with Crippen molar-refractivity contribution in [3.63, 3.8) is 0 Å². The molecule has 0 aromatic heterocycles. The summed E-state index contributed by atoms with van der Waals surface area (Å²) >= 11 is 0. The van der Waals surface area contributed by atoms with Gasteiger partial charge in [0.2, 0.25) is 0 Å². The molecule has 0 bridgehead atoms. The van der Waals surface area contributed by atoms with Crippen LogP contribution in [0, 0.1) is 0 Å². The predicted molar refractivity (Wildman–Crippen MR) is 106 cm³/mol. The van der Waals surface area contributed by atoms with Crippen LogP contribution >= 0.6 is 0 Å². The van der Waals surface area contributed by atoms with Gasteiger partial charge in [0.15, 0.2) is 0 Å². The van der Waals surface area contributed by atoms with Crippen molar-refractivity contribution in [2.24, 2.45) is 0 Å². The lowest BCUT2D eigenvalue weighted by atomic mass is 10.1. The van der Waals surface area contributed by atoms with Crippen LogP contribution in [0.2, 0.25) is 0 Å². The third-order valence-electron chi connectivity index (χ3n) is 4.72. The Morgan fingerprint density at radius 2 is 2.07 bits per heavy atom. The molecule has 2 aromatic carbocycles. The van der Waals surface area contributed by atoms with Gasteiger partial charge in [-0.25, -0.2) is 0 Å². The zero-order valence-corrected chi connectivity index (χ0v) is 16.1. The molecular weight excluding hydrogens is 340 g/mol. The molecule has 1 N–H and O–H groups in total. The Bertz CT molecular complexity index is 735. The predicted octanol–water partition coefficient (Wildman–Crippen LogP) is 3.16. The summed E-state index contributed by atoms with van der Waals surface area (Å²) in [5.41, 5.74) is 2.27. The molecule has 1 aliphatic heterocycles. The molecular formula is C22H28N2O3. The second kappa shape index (κ2) is 9.53. The quantitative estimate of drug-likeness (QED) is 0.816. The van der Waals surface area contributed by atoms with Gasteiger partial charge < -0.3 is 14.8 Å². The number of hydrogen-bond donors (Lipinski definition) is 1. The molecule has 1 heterocycles. The molecule has 0 radical (unpaired) electrons. The van der Waals surface area contributed by atoms with Crippen molar-refractivity contribution >= 4 is 5.91 Å². The molecule has 0 aliphatic carbocycles. The van der Waals surface area contributed by atoms with Crippen molar-refractivity contribution in [3.05, 3.63) is 65.7 Å². The van der Waals surface area contributed by atoms with Crippen LogP contribution in [0.4, 0.5) is 0 Å². The smallest absolute Gasteiger partial charge is 0.250 e. The first kappa shape index (κ1) is 19.4. The lowest BCUT2D eigenvalue weighted by Gasteiger charge is -2.32. The van der Waals surface area contributed by atoms with Crippen LogP contribution in [0.3, 0.4) is 0 Å². The summed E-state index contributed by atoms with van der Waals surface area (Å²) in [6.45, 7) is 7.40. The van der Waals surface area contributed by atoms with Gasteiger partial charge in [0.05, 0.1) is 19.3 Å². The van der Waals surface area contributed by atoms with E-state index in [0.717, 1.165) is 24.4 Å². The molecule has 2 unspecified atom stereocenters. The Labute approximate surface area is 161 Å². The maximum absolute atomic E-state index is 12.7. The van der Waals surface area contributed by atoms with Crippen molar-refractivity contribution in [3.8, 4) is 5.75 Å². The minimum absolute atomic E-state index is 0.0675. The van der Waals surface area contributed by atoms with E-state index >= 15 is 0 Å². The fraction of sp³-hybridized carbons (Fsp3) is 0.409. The number of nitrogens with one attached hydrogen (secondary N) is 1. The molecule has 3 rings (SSSR count). The number of rotatable bonds is 7. The zero-order chi connectivity index (χ0) is 19.1. The van der Waals surface area contributed by atoms with Gasteiger partial charge in [0.25, 0.3) is 5.91 Å². The van der Waals surface area contributed by atoms with Crippen LogP contribution < -0.4 is 10.1 Å². The van der Waals surface area contributed by atoms with E-state index in [1.165, 1.54) is 5.56 Å². The van der Waals surface area contributed by atoms with Gasteiger partial charge in [-0.2, -0.15) is 0 Å². The van der Waals surface area contributed by atoms with E-state index in [9.17, 15) is 4.79 Å². The topological polar surface area (TPSA) is 50.8 Å². The first-order chi connectivity index (χ1) is 13.2. The molecule has 2 atom stereocenters. The average Bonchev–Trinajstić information content (AvgIpc) is 2.69. The van der Waals surface area contributed by atoms with E-state index < -0.39 is 6.10 Å². The van der Waals surface area contributed by atoms with Crippen molar-refractivity contribution in [1.29, 1.82) is 0 Å². The first-order valence-corrected chi connectivity index (χ1v) is 9.56. The number of nitrogens with zero attached hydrogens (tertiary/aromatic N) is 1. The lowest BCUT2D eigenvalue weighted by Crippen LogP contribution is -2.49. The van der Waals surface area contributed by atoms with E-state index in [0.29, 0.717) is 19.8 Å². The number of benzene rings is 2. The van der Waals surface area contributed by atoms with Crippen LogP contribution in [0.5, 0.6) is 5.75 Å². The summed E-state index contributed by atoms with van der Waals surface area (Å²) in [4.78, 5) is 15.0. The fourth-order valence-electron chi connectivity index (χ4n) is 3.28. The number of ether oxygens (including phenoxy) is 2. The molecule has 1 amide bonds. The molecule has 1 fully saturated rings. The summed E-state index contributed by atoms with van der Waals surface area (Å²) in [5.74, 6) is 0.751. The van der Waals surface area contributed by atoms with Crippen LogP contribution in [0.25, 0.3) is 0 Å². The lowest BCUT2D eigenvalue weighted by molar-refractivity contribution is -0.139. The van der Waals surface area contributed by atoms with Crippen LogP contribution in [0.1, 0.15) is 31.0 Å². The molecule has 27 heavy (non-hydrogen) atoms. The fourth-order valence-corrected chi connectivity index (χ4v) is 3.28. The normalized spacial score (nSPS) is 18.7. The Morgan fingerprint density at radius 1 is 1.26 bits per heavy atom. The van der Waals surface area contributed by atoms with Crippen molar-refractivity contribution < 1.29 is 14.3 Å². The Morgan fingerprint density at radius 3 is 2.85 bits per heavy atom. The largest absolute Gasteiger partial charge is 0.494 e. The molecule has 1 aliphatic rings. The van der Waals surface area contributed by atoms with Gasteiger partial charge in [0, 0.05) is 19.6 Å². The third-order valence-corrected chi connectivity index (χ3v) is 4.72. The van der Waals surface area contributed by atoms with Gasteiger partial charge in [-0.05, 0) is 37.1 Å². The first-order valence-electron chi connectivity index (χ1n) is 9.56. The zero-order valence-electron chi connectivity index (χ0n) is 16.1. The minimum Gasteiger partial charge on any atom is -0.494 e. The highest BCUT2D eigenvalue weighted by Crippen LogP contribution is 2.20. The Kier molecular flexibility index (Phi) is 6.85. The van der Waals surface area contributed by atoms with Crippen molar-refractivity contribution in [1.82, 2.24) is 10.2 Å². The van der Waals surface area contributed by atoms with E-state index in [-0.39, 0.29) is 11.9 Å². The molecule has 0 saturated carbocycles. The monoisotopic (exact) mass is 368 g/mol. The minimum atomic E-state index is -0.444. The molecule has 144 valence electrons. The van der Waals surface area contributed by atoms with Crippen molar-refractivity contribution in [2.45, 2.75) is 32.5 Å². The number of amides is 1. The molecule has 1 saturated heterocycles. The maximum Gasteiger partial charge on any atom is 0.250 e. The summed E-state index contributed by atoms with van der Waals surface area (Å²) < 4.78 is 11.3. The number of carbonyl (C=O) groups is 1.